The number of esters is 1. The first kappa shape index (κ1) is 14.9. The van der Waals surface area contributed by atoms with E-state index in [-0.39, 0.29) is 0 Å². The van der Waals surface area contributed by atoms with Crippen LogP contribution in [0.4, 0.5) is 0 Å². The predicted octanol–water partition coefficient (Wildman–Crippen LogP) is 4.65. The van der Waals surface area contributed by atoms with Crippen molar-refractivity contribution in [3.8, 4) is 5.75 Å². The second-order valence-electron chi connectivity index (χ2n) is 2.83. The van der Waals surface area contributed by atoms with Crippen LogP contribution in [0.1, 0.15) is 0 Å². The Morgan fingerprint density at radius 1 is 1.06 bits per heavy atom. The van der Waals surface area contributed by atoms with Crippen LogP contribution >= 0.6 is 58.0 Å². The monoisotopic (exact) mass is 332 g/mol. The van der Waals surface area contributed by atoms with E-state index < -0.39 is 19.8 Å². The Kier molecular flexibility index (Phi) is 5.42. The molecular formula is C10H5Cl5O2. The molecule has 2 nitrogen and oxygen atoms in total. The standard InChI is InChI=1S/C10H5Cl5O2/c11-7(8(12)10(13,14)15)9(16)17-6-4-2-1-3-5-6/h1-5H/b8-7+. The molecule has 17 heavy (non-hydrogen) atoms. The number of carbonyl (C=O) groups is 1. The van der Waals surface area contributed by atoms with Crippen LogP contribution < -0.4 is 4.74 Å². The maximum absolute atomic E-state index is 11.5. The highest BCUT2D eigenvalue weighted by atomic mass is 35.6. The zero-order chi connectivity index (χ0) is 13.1. The number of carbonyl (C=O) groups excluding carboxylic acids is 1. The van der Waals surface area contributed by atoms with Crippen LogP contribution in [-0.2, 0) is 4.79 Å². The normalized spacial score (nSPS) is 13.0. The molecule has 0 heterocycles. The first-order valence-electron chi connectivity index (χ1n) is 4.22. The van der Waals surface area contributed by atoms with Crippen LogP contribution in [0.5, 0.6) is 5.75 Å². The van der Waals surface area contributed by atoms with Gasteiger partial charge in [0, 0.05) is 0 Å². The fourth-order valence-electron chi connectivity index (χ4n) is 0.854. The summed E-state index contributed by atoms with van der Waals surface area (Å²) in [6.45, 7) is 0. The van der Waals surface area contributed by atoms with Gasteiger partial charge < -0.3 is 4.74 Å². The summed E-state index contributed by atoms with van der Waals surface area (Å²) in [5.74, 6) is -0.585. The van der Waals surface area contributed by atoms with E-state index in [4.69, 9.17) is 62.7 Å². The Balaban J connectivity index is 2.85. The topological polar surface area (TPSA) is 26.3 Å². The van der Waals surface area contributed by atoms with Crippen molar-refractivity contribution in [2.75, 3.05) is 0 Å². The molecule has 0 atom stereocenters. The summed E-state index contributed by atoms with van der Waals surface area (Å²) in [6, 6.07) is 8.30. The van der Waals surface area contributed by atoms with Crippen molar-refractivity contribution in [3.63, 3.8) is 0 Å². The van der Waals surface area contributed by atoms with Gasteiger partial charge >= 0.3 is 5.97 Å². The Morgan fingerprint density at radius 3 is 2.06 bits per heavy atom. The van der Waals surface area contributed by atoms with Gasteiger partial charge in [0.2, 0.25) is 3.79 Å². The lowest BCUT2D eigenvalue weighted by Crippen LogP contribution is -2.13. The summed E-state index contributed by atoms with van der Waals surface area (Å²) >= 11 is 27.7. The van der Waals surface area contributed by atoms with E-state index in [1.54, 1.807) is 30.3 Å². The van der Waals surface area contributed by atoms with Gasteiger partial charge in [0.1, 0.15) is 10.8 Å². The average Bonchev–Trinajstić information content (AvgIpc) is 2.27. The zero-order valence-electron chi connectivity index (χ0n) is 8.09. The second-order valence-corrected chi connectivity index (χ2v) is 5.87. The SMILES string of the molecule is O=C(Oc1ccccc1)/C(Cl)=C(\Cl)C(Cl)(Cl)Cl. The maximum Gasteiger partial charge on any atom is 0.356 e. The van der Waals surface area contributed by atoms with Crippen molar-refractivity contribution < 1.29 is 9.53 Å². The molecule has 0 N–H and O–H groups in total. The Morgan fingerprint density at radius 2 is 1.59 bits per heavy atom. The van der Waals surface area contributed by atoms with Gasteiger partial charge in [0.05, 0.1) is 5.03 Å². The van der Waals surface area contributed by atoms with Crippen molar-refractivity contribution in [2.45, 2.75) is 3.79 Å². The maximum atomic E-state index is 11.5. The Bertz CT molecular complexity index is 436. The highest BCUT2D eigenvalue weighted by Gasteiger charge is 2.30. The van der Waals surface area contributed by atoms with Crippen LogP contribution in [0.2, 0.25) is 0 Å². The quantitative estimate of drug-likeness (QED) is 0.340. The largest absolute Gasteiger partial charge is 0.422 e. The van der Waals surface area contributed by atoms with Crippen molar-refractivity contribution in [2.24, 2.45) is 0 Å². The summed E-state index contributed by atoms with van der Waals surface area (Å²) < 4.78 is 2.94. The lowest BCUT2D eigenvalue weighted by Gasteiger charge is -2.11. The Labute approximate surface area is 123 Å². The second kappa shape index (κ2) is 6.17. The number of hydrogen-bond acceptors (Lipinski definition) is 2. The third kappa shape index (κ3) is 4.57. The van der Waals surface area contributed by atoms with E-state index >= 15 is 0 Å². The molecule has 0 saturated carbocycles. The number of hydrogen-bond donors (Lipinski definition) is 0. The molecular weight excluding hydrogens is 329 g/mol. The minimum atomic E-state index is -1.96. The molecule has 0 fully saturated rings. The number of allylic oxidation sites excluding steroid dienone is 1. The van der Waals surface area contributed by atoms with Gasteiger partial charge in [-0.25, -0.2) is 4.79 Å². The van der Waals surface area contributed by atoms with E-state index in [1.807, 2.05) is 0 Å². The van der Waals surface area contributed by atoms with Gasteiger partial charge in [-0.2, -0.15) is 0 Å². The van der Waals surface area contributed by atoms with E-state index in [0.717, 1.165) is 0 Å². The lowest BCUT2D eigenvalue weighted by molar-refractivity contribution is -0.129. The third-order valence-corrected chi connectivity index (χ3v) is 3.34. The minimum Gasteiger partial charge on any atom is -0.422 e. The minimum absolute atomic E-state index is 0.310. The molecule has 1 aromatic carbocycles. The fraction of sp³-hybridized carbons (Fsp3) is 0.100. The zero-order valence-corrected chi connectivity index (χ0v) is 11.9. The van der Waals surface area contributed by atoms with Crippen LogP contribution in [0.25, 0.3) is 0 Å². The summed E-state index contributed by atoms with van der Waals surface area (Å²) in [6.07, 6.45) is 0. The highest BCUT2D eigenvalue weighted by molar-refractivity contribution is 6.74. The number of para-hydroxylation sites is 1. The summed E-state index contributed by atoms with van der Waals surface area (Å²) in [5, 5.41) is -0.888. The number of alkyl halides is 3. The van der Waals surface area contributed by atoms with Crippen LogP contribution in [-0.4, -0.2) is 9.76 Å². The van der Waals surface area contributed by atoms with Gasteiger partial charge in [0.25, 0.3) is 0 Å². The number of rotatable bonds is 2. The van der Waals surface area contributed by atoms with E-state index in [1.165, 1.54) is 0 Å². The lowest BCUT2D eigenvalue weighted by atomic mass is 10.3. The molecule has 0 aliphatic heterocycles. The smallest absolute Gasteiger partial charge is 0.356 e. The predicted molar refractivity (Wildman–Crippen MR) is 71.1 cm³/mol. The van der Waals surface area contributed by atoms with Crippen molar-refractivity contribution in [1.82, 2.24) is 0 Å². The van der Waals surface area contributed by atoms with E-state index in [0.29, 0.717) is 5.75 Å². The molecule has 0 saturated heterocycles. The molecule has 0 amide bonds. The fourth-order valence-corrected chi connectivity index (χ4v) is 1.54. The van der Waals surface area contributed by atoms with Crippen molar-refractivity contribution >= 4 is 64.0 Å². The average molecular weight is 334 g/mol. The molecule has 0 spiro atoms. The van der Waals surface area contributed by atoms with Crippen LogP contribution in [0, 0.1) is 0 Å². The molecule has 0 bridgehead atoms. The highest BCUT2D eigenvalue weighted by Crippen LogP contribution is 2.40. The van der Waals surface area contributed by atoms with Crippen molar-refractivity contribution in [3.05, 3.63) is 40.4 Å². The first-order chi connectivity index (χ1) is 7.82. The molecule has 1 aromatic rings. The van der Waals surface area contributed by atoms with E-state index in [2.05, 4.69) is 0 Å². The van der Waals surface area contributed by atoms with Gasteiger partial charge in [-0.05, 0) is 12.1 Å². The molecule has 0 aliphatic rings. The Hall–Kier alpha value is -0.120. The van der Waals surface area contributed by atoms with Gasteiger partial charge in [-0.3, -0.25) is 0 Å². The van der Waals surface area contributed by atoms with Gasteiger partial charge in [-0.1, -0.05) is 76.2 Å². The number of ether oxygens (including phenoxy) is 1. The molecule has 1 rings (SSSR count). The summed E-state index contributed by atoms with van der Waals surface area (Å²) in [7, 11) is 0. The number of halogens is 5. The van der Waals surface area contributed by atoms with Crippen LogP contribution in [0.3, 0.4) is 0 Å². The van der Waals surface area contributed by atoms with Crippen molar-refractivity contribution in [1.29, 1.82) is 0 Å². The molecule has 7 heteroatoms. The first-order valence-corrected chi connectivity index (χ1v) is 6.11. The van der Waals surface area contributed by atoms with Crippen LogP contribution in [0.15, 0.2) is 40.4 Å². The van der Waals surface area contributed by atoms with E-state index in [9.17, 15) is 4.79 Å². The summed E-state index contributed by atoms with van der Waals surface area (Å²) in [5.41, 5.74) is 0. The van der Waals surface area contributed by atoms with Gasteiger partial charge in [-0.15, -0.1) is 0 Å². The van der Waals surface area contributed by atoms with Gasteiger partial charge in [0.15, 0.2) is 0 Å². The molecule has 0 aliphatic carbocycles. The molecule has 92 valence electrons. The molecule has 0 aromatic heterocycles. The third-order valence-electron chi connectivity index (χ3n) is 1.57. The summed E-state index contributed by atoms with van der Waals surface area (Å²) in [4.78, 5) is 11.5. The number of benzene rings is 1. The molecule has 0 unspecified atom stereocenters. The molecule has 0 radical (unpaired) electrons.